The smallest absolute Gasteiger partial charge is 0.326 e. The van der Waals surface area contributed by atoms with Crippen LogP contribution in [0.3, 0.4) is 0 Å². The van der Waals surface area contributed by atoms with E-state index in [9.17, 15) is 14.7 Å². The Kier molecular flexibility index (Phi) is 4.14. The summed E-state index contributed by atoms with van der Waals surface area (Å²) in [7, 11) is 0. The van der Waals surface area contributed by atoms with E-state index < -0.39 is 12.0 Å². The lowest BCUT2D eigenvalue weighted by Crippen LogP contribution is -2.50. The molecule has 1 aromatic rings. The molecule has 1 fully saturated rings. The molecule has 5 heteroatoms. The Balaban J connectivity index is 2.18. The summed E-state index contributed by atoms with van der Waals surface area (Å²) in [4.78, 5) is 29.0. The Morgan fingerprint density at radius 2 is 2.11 bits per heavy atom. The van der Waals surface area contributed by atoms with Crippen LogP contribution in [0, 0.1) is 5.92 Å². The number of piperidine rings is 1. The molecule has 0 radical (unpaired) electrons. The summed E-state index contributed by atoms with van der Waals surface area (Å²) in [5.41, 5.74) is 0.496. The van der Waals surface area contributed by atoms with Crippen molar-refractivity contribution in [2.75, 3.05) is 6.54 Å². The average molecular weight is 262 g/mol. The van der Waals surface area contributed by atoms with Gasteiger partial charge in [-0.3, -0.25) is 9.78 Å². The quantitative estimate of drug-likeness (QED) is 0.901. The molecular formula is C14H18N2O3. The fourth-order valence-corrected chi connectivity index (χ4v) is 2.55. The van der Waals surface area contributed by atoms with Crippen LogP contribution in [0.2, 0.25) is 0 Å². The molecule has 0 bridgehead atoms. The van der Waals surface area contributed by atoms with Crippen molar-refractivity contribution in [3.05, 3.63) is 30.1 Å². The van der Waals surface area contributed by atoms with Crippen molar-refractivity contribution in [2.24, 2.45) is 5.92 Å². The van der Waals surface area contributed by atoms with E-state index in [4.69, 9.17) is 0 Å². The second kappa shape index (κ2) is 5.82. The van der Waals surface area contributed by atoms with Crippen molar-refractivity contribution < 1.29 is 14.7 Å². The highest BCUT2D eigenvalue weighted by molar-refractivity contribution is 5.96. The van der Waals surface area contributed by atoms with Crippen molar-refractivity contribution in [3.63, 3.8) is 0 Å². The molecule has 2 heterocycles. The number of aliphatic carboxylic acids is 1. The summed E-state index contributed by atoms with van der Waals surface area (Å²) >= 11 is 0. The molecule has 1 aliphatic rings. The van der Waals surface area contributed by atoms with Gasteiger partial charge in [0.2, 0.25) is 0 Å². The molecule has 1 amide bonds. The molecule has 1 N–H and O–H groups in total. The molecule has 0 aromatic carbocycles. The van der Waals surface area contributed by atoms with E-state index >= 15 is 0 Å². The summed E-state index contributed by atoms with van der Waals surface area (Å²) in [5.74, 6) is -0.743. The van der Waals surface area contributed by atoms with E-state index in [1.807, 2.05) is 0 Å². The summed E-state index contributed by atoms with van der Waals surface area (Å²) in [6.45, 7) is 2.57. The lowest BCUT2D eigenvalue weighted by molar-refractivity contribution is -0.144. The standard InChI is InChI=1S/C14H18N2O3/c1-2-10-5-8-16(12(9-10)14(18)19)13(17)11-3-6-15-7-4-11/h3-4,6-7,10,12H,2,5,8-9H2,1H3,(H,18,19). The SMILES string of the molecule is CCC1CCN(C(=O)c2ccncc2)C(C(=O)O)C1. The van der Waals surface area contributed by atoms with Crippen LogP contribution in [0.1, 0.15) is 36.5 Å². The third-order valence-electron chi connectivity index (χ3n) is 3.76. The van der Waals surface area contributed by atoms with E-state index in [2.05, 4.69) is 11.9 Å². The van der Waals surface area contributed by atoms with Crippen molar-refractivity contribution in [3.8, 4) is 0 Å². The maximum atomic E-state index is 12.3. The fraction of sp³-hybridized carbons (Fsp3) is 0.500. The van der Waals surface area contributed by atoms with Gasteiger partial charge < -0.3 is 10.0 Å². The van der Waals surface area contributed by atoms with Crippen molar-refractivity contribution in [1.29, 1.82) is 0 Å². The largest absolute Gasteiger partial charge is 0.480 e. The number of amides is 1. The van der Waals surface area contributed by atoms with Gasteiger partial charge in [-0.25, -0.2) is 4.79 Å². The molecule has 1 aliphatic heterocycles. The van der Waals surface area contributed by atoms with Crippen LogP contribution in [-0.2, 0) is 4.79 Å². The van der Waals surface area contributed by atoms with Crippen LogP contribution < -0.4 is 0 Å². The van der Waals surface area contributed by atoms with Crippen molar-refractivity contribution >= 4 is 11.9 Å². The maximum Gasteiger partial charge on any atom is 0.326 e. The number of hydrogen-bond acceptors (Lipinski definition) is 3. The molecular weight excluding hydrogens is 244 g/mol. The predicted octanol–water partition coefficient (Wildman–Crippen LogP) is 1.80. The van der Waals surface area contributed by atoms with Gasteiger partial charge in [0.1, 0.15) is 6.04 Å². The number of nitrogens with zero attached hydrogens (tertiary/aromatic N) is 2. The van der Waals surface area contributed by atoms with E-state index in [0.29, 0.717) is 24.4 Å². The third-order valence-corrected chi connectivity index (χ3v) is 3.76. The number of carbonyl (C=O) groups excluding carboxylic acids is 1. The minimum atomic E-state index is -0.916. The first-order valence-electron chi connectivity index (χ1n) is 6.57. The monoisotopic (exact) mass is 262 g/mol. The number of carbonyl (C=O) groups is 2. The zero-order valence-corrected chi connectivity index (χ0v) is 11.0. The molecule has 2 unspecified atom stereocenters. The minimum absolute atomic E-state index is 0.218. The Bertz CT molecular complexity index is 461. The number of likely N-dealkylation sites (tertiary alicyclic amines) is 1. The molecule has 2 rings (SSSR count). The first kappa shape index (κ1) is 13.5. The maximum absolute atomic E-state index is 12.3. The number of carboxylic acid groups (broad SMARTS) is 1. The van der Waals surface area contributed by atoms with Gasteiger partial charge in [0.25, 0.3) is 5.91 Å². The predicted molar refractivity (Wildman–Crippen MR) is 69.7 cm³/mol. The van der Waals surface area contributed by atoms with Gasteiger partial charge in [-0.15, -0.1) is 0 Å². The second-order valence-corrected chi connectivity index (χ2v) is 4.89. The number of aromatic nitrogens is 1. The molecule has 5 nitrogen and oxygen atoms in total. The summed E-state index contributed by atoms with van der Waals surface area (Å²) in [6.07, 6.45) is 5.46. The van der Waals surface area contributed by atoms with Crippen molar-refractivity contribution in [2.45, 2.75) is 32.2 Å². The van der Waals surface area contributed by atoms with Gasteiger partial charge in [0, 0.05) is 24.5 Å². The Hall–Kier alpha value is -1.91. The topological polar surface area (TPSA) is 70.5 Å². The lowest BCUT2D eigenvalue weighted by Gasteiger charge is -2.37. The number of hydrogen-bond donors (Lipinski definition) is 1. The van der Waals surface area contributed by atoms with Crippen LogP contribution >= 0.6 is 0 Å². The molecule has 0 aliphatic carbocycles. The van der Waals surface area contributed by atoms with Gasteiger partial charge in [-0.1, -0.05) is 13.3 Å². The Morgan fingerprint density at radius 1 is 1.42 bits per heavy atom. The fourth-order valence-electron chi connectivity index (χ4n) is 2.55. The van der Waals surface area contributed by atoms with Crippen LogP contribution in [0.5, 0.6) is 0 Å². The Labute approximate surface area is 112 Å². The number of rotatable bonds is 3. The van der Waals surface area contributed by atoms with Crippen LogP contribution in [-0.4, -0.2) is 39.5 Å². The molecule has 19 heavy (non-hydrogen) atoms. The van der Waals surface area contributed by atoms with E-state index in [1.165, 1.54) is 4.90 Å². The molecule has 2 atom stereocenters. The van der Waals surface area contributed by atoms with Gasteiger partial charge in [-0.05, 0) is 30.9 Å². The summed E-state index contributed by atoms with van der Waals surface area (Å²) in [5, 5.41) is 9.31. The Morgan fingerprint density at radius 3 is 2.68 bits per heavy atom. The lowest BCUT2D eigenvalue weighted by atomic mass is 9.88. The van der Waals surface area contributed by atoms with E-state index in [-0.39, 0.29) is 5.91 Å². The second-order valence-electron chi connectivity index (χ2n) is 4.89. The zero-order valence-electron chi connectivity index (χ0n) is 11.0. The molecule has 102 valence electrons. The highest BCUT2D eigenvalue weighted by Crippen LogP contribution is 2.26. The van der Waals surface area contributed by atoms with Crippen molar-refractivity contribution in [1.82, 2.24) is 9.88 Å². The number of carboxylic acids is 1. The van der Waals surface area contributed by atoms with Gasteiger partial charge in [-0.2, -0.15) is 0 Å². The molecule has 0 saturated carbocycles. The van der Waals surface area contributed by atoms with Gasteiger partial charge in [0.15, 0.2) is 0 Å². The molecule has 0 spiro atoms. The highest BCUT2D eigenvalue weighted by atomic mass is 16.4. The number of pyridine rings is 1. The summed E-state index contributed by atoms with van der Waals surface area (Å²) in [6, 6.07) is 2.53. The highest BCUT2D eigenvalue weighted by Gasteiger charge is 2.35. The van der Waals surface area contributed by atoms with E-state index in [1.54, 1.807) is 24.5 Å². The average Bonchev–Trinajstić information content (AvgIpc) is 2.46. The molecule has 1 saturated heterocycles. The third kappa shape index (κ3) is 2.92. The van der Waals surface area contributed by atoms with E-state index in [0.717, 1.165) is 12.8 Å². The van der Waals surface area contributed by atoms with Crippen LogP contribution in [0.15, 0.2) is 24.5 Å². The first-order chi connectivity index (χ1) is 9.13. The minimum Gasteiger partial charge on any atom is -0.480 e. The normalized spacial score (nSPS) is 23.1. The van der Waals surface area contributed by atoms with Gasteiger partial charge >= 0.3 is 5.97 Å². The summed E-state index contributed by atoms with van der Waals surface area (Å²) < 4.78 is 0. The molecule has 1 aromatic heterocycles. The van der Waals surface area contributed by atoms with Crippen LogP contribution in [0.25, 0.3) is 0 Å². The first-order valence-corrected chi connectivity index (χ1v) is 6.57. The van der Waals surface area contributed by atoms with Gasteiger partial charge in [0.05, 0.1) is 0 Å². The zero-order chi connectivity index (χ0) is 13.8. The van der Waals surface area contributed by atoms with Crippen LogP contribution in [0.4, 0.5) is 0 Å².